The van der Waals surface area contributed by atoms with Gasteiger partial charge in [-0.1, -0.05) is 20.8 Å². The van der Waals surface area contributed by atoms with E-state index in [2.05, 4.69) is 0 Å². The third-order valence-corrected chi connectivity index (χ3v) is 3.14. The van der Waals surface area contributed by atoms with E-state index in [-0.39, 0.29) is 20.8 Å². The molecule has 13 heteroatoms. The van der Waals surface area contributed by atoms with Gasteiger partial charge in [0.1, 0.15) is 0 Å². The lowest BCUT2D eigenvalue weighted by molar-refractivity contribution is -0.330. The lowest BCUT2D eigenvalue weighted by Gasteiger charge is -2.43. The van der Waals surface area contributed by atoms with Gasteiger partial charge in [-0.2, -0.15) is 35.1 Å². The van der Waals surface area contributed by atoms with Gasteiger partial charge >= 0.3 is 29.9 Å². The first-order valence-corrected chi connectivity index (χ1v) is 5.77. The topological polar surface area (TPSA) is 54.4 Å². The lowest BCUT2D eigenvalue weighted by Crippen LogP contribution is -2.71. The summed E-state index contributed by atoms with van der Waals surface area (Å²) in [6.45, 7) is 0.488. The van der Waals surface area contributed by atoms with E-state index in [9.17, 15) is 53.5 Å². The van der Waals surface area contributed by atoms with Crippen molar-refractivity contribution in [3.63, 3.8) is 0 Å². The first-order chi connectivity index (χ1) is 10.1. The molecule has 0 saturated carbocycles. The van der Waals surface area contributed by atoms with Gasteiger partial charge in [-0.3, -0.25) is 4.79 Å². The van der Waals surface area contributed by atoms with Crippen LogP contribution in [0.1, 0.15) is 20.8 Å². The van der Waals surface area contributed by atoms with Crippen LogP contribution in [0.4, 0.5) is 43.9 Å². The van der Waals surface area contributed by atoms with E-state index in [1.807, 2.05) is 0 Å². The van der Waals surface area contributed by atoms with Crippen molar-refractivity contribution in [1.82, 2.24) is 0 Å². The lowest BCUT2D eigenvalue weighted by atomic mass is 9.70. The molecule has 0 aliphatic rings. The largest absolute Gasteiger partial charge is 0.478 e. The molecule has 142 valence electrons. The van der Waals surface area contributed by atoms with Gasteiger partial charge in [0, 0.05) is 5.41 Å². The summed E-state index contributed by atoms with van der Waals surface area (Å²) in [5, 5.41) is 8.12. The Labute approximate surface area is 127 Å². The highest BCUT2D eigenvalue weighted by Crippen LogP contribution is 2.57. The fourth-order valence-corrected chi connectivity index (χ4v) is 1.79. The maximum atomic E-state index is 14.2. The van der Waals surface area contributed by atoms with Gasteiger partial charge in [-0.25, -0.2) is 13.6 Å². The highest BCUT2D eigenvalue weighted by Gasteiger charge is 2.84. The van der Waals surface area contributed by atoms with Crippen LogP contribution < -0.4 is 0 Å². The summed E-state index contributed by atoms with van der Waals surface area (Å²) >= 11 is 0. The molecule has 2 unspecified atom stereocenters. The van der Waals surface area contributed by atoms with Gasteiger partial charge in [-0.15, -0.1) is 0 Å². The molecule has 0 aromatic rings. The van der Waals surface area contributed by atoms with Gasteiger partial charge in [-0.05, 0) is 0 Å². The number of ketones is 1. The fourth-order valence-electron chi connectivity index (χ4n) is 1.79. The Hall–Kier alpha value is -1.56. The van der Waals surface area contributed by atoms with E-state index >= 15 is 0 Å². The average molecular weight is 380 g/mol. The van der Waals surface area contributed by atoms with Gasteiger partial charge < -0.3 is 5.11 Å². The van der Waals surface area contributed by atoms with E-state index in [4.69, 9.17) is 5.11 Å². The van der Waals surface area contributed by atoms with Crippen LogP contribution in [-0.4, -0.2) is 46.5 Å². The summed E-state index contributed by atoms with van der Waals surface area (Å²) in [5.74, 6) is -15.0. The molecule has 0 aliphatic carbocycles. The number of rotatable bonds is 4. The third-order valence-electron chi connectivity index (χ3n) is 3.14. The molecule has 0 amide bonds. The molecule has 0 aliphatic heterocycles. The second-order valence-corrected chi connectivity index (χ2v) is 5.77. The molecule has 0 heterocycles. The minimum Gasteiger partial charge on any atom is -0.478 e. The van der Waals surface area contributed by atoms with E-state index in [1.54, 1.807) is 0 Å². The first-order valence-electron chi connectivity index (χ1n) is 5.77. The molecule has 2 atom stereocenters. The second-order valence-electron chi connectivity index (χ2n) is 5.77. The Morgan fingerprint density at radius 1 is 0.708 bits per heavy atom. The van der Waals surface area contributed by atoms with Crippen molar-refractivity contribution < 1.29 is 58.6 Å². The predicted molar refractivity (Wildman–Crippen MR) is 56.8 cm³/mol. The number of halogens is 10. The zero-order chi connectivity index (χ0) is 20.2. The maximum Gasteiger partial charge on any atom is 0.441 e. The van der Waals surface area contributed by atoms with Crippen molar-refractivity contribution in [3.05, 3.63) is 0 Å². The minimum atomic E-state index is -6.86. The molecule has 0 fully saturated rings. The van der Waals surface area contributed by atoms with Crippen LogP contribution in [0.15, 0.2) is 0 Å². The number of Topliss-reactive ketones (excluding diaryl/α,β-unsaturated/α-hetero) is 1. The molecule has 24 heavy (non-hydrogen) atoms. The van der Waals surface area contributed by atoms with Crippen LogP contribution in [0, 0.1) is 5.41 Å². The van der Waals surface area contributed by atoms with Crippen LogP contribution >= 0.6 is 0 Å². The second kappa shape index (κ2) is 5.48. The molecule has 0 aromatic heterocycles. The SMILES string of the molecule is CC(C)(C)C(F)(C(F)(F)F)C(F)(F)C(=O)C(F)(C(=O)O)C(F)(F)F. The third kappa shape index (κ3) is 2.81. The quantitative estimate of drug-likeness (QED) is 0.595. The van der Waals surface area contributed by atoms with E-state index in [0.717, 1.165) is 0 Å². The monoisotopic (exact) mass is 380 g/mol. The zero-order valence-electron chi connectivity index (χ0n) is 12.0. The van der Waals surface area contributed by atoms with Gasteiger partial charge in [0.15, 0.2) is 0 Å². The van der Waals surface area contributed by atoms with Crippen LogP contribution in [0.25, 0.3) is 0 Å². The van der Waals surface area contributed by atoms with Crippen molar-refractivity contribution in [2.45, 2.75) is 50.4 Å². The summed E-state index contributed by atoms with van der Waals surface area (Å²) in [4.78, 5) is 21.5. The van der Waals surface area contributed by atoms with Gasteiger partial charge in [0.25, 0.3) is 11.5 Å². The Morgan fingerprint density at radius 3 is 1.21 bits per heavy atom. The first kappa shape index (κ1) is 22.4. The Balaban J connectivity index is 6.70. The fraction of sp³-hybridized carbons (Fsp3) is 0.818. The zero-order valence-corrected chi connectivity index (χ0v) is 12.0. The molecular formula is C11H10F10O3. The average Bonchev–Trinajstić information content (AvgIpc) is 2.30. The molecule has 0 bridgehead atoms. The standard InChI is InChI=1S/C11H10F10O3/c1-6(2,3)9(15,11(19,20)21)8(13,14)4(22)7(12,5(23)24)10(16,17)18/h1-3H3,(H,23,24). The maximum absolute atomic E-state index is 14.2. The predicted octanol–water partition coefficient (Wildman–Crippen LogP) is 3.86. The molecule has 0 rings (SSSR count). The van der Waals surface area contributed by atoms with Crippen LogP contribution in [0.2, 0.25) is 0 Å². The van der Waals surface area contributed by atoms with Crippen molar-refractivity contribution in [2.24, 2.45) is 5.41 Å². The summed E-state index contributed by atoms with van der Waals surface area (Å²) in [5.41, 5.74) is -15.7. The molecule has 0 radical (unpaired) electrons. The van der Waals surface area contributed by atoms with Crippen molar-refractivity contribution in [2.75, 3.05) is 0 Å². The normalized spacial score (nSPS) is 19.4. The van der Waals surface area contributed by atoms with E-state index < -0.39 is 46.8 Å². The number of carbonyl (C=O) groups is 2. The van der Waals surface area contributed by atoms with E-state index in [0.29, 0.717) is 0 Å². The number of alkyl halides is 10. The molecular weight excluding hydrogens is 370 g/mol. The number of hydrogen-bond donors (Lipinski definition) is 1. The number of hydrogen-bond acceptors (Lipinski definition) is 2. The Kier molecular flexibility index (Phi) is 5.12. The number of carboxylic acids is 1. The summed E-state index contributed by atoms with van der Waals surface area (Å²) in [6, 6.07) is 0. The number of aliphatic carboxylic acids is 1. The van der Waals surface area contributed by atoms with Crippen LogP contribution in [0.5, 0.6) is 0 Å². The van der Waals surface area contributed by atoms with Crippen LogP contribution in [-0.2, 0) is 9.59 Å². The Bertz CT molecular complexity index is 514. The smallest absolute Gasteiger partial charge is 0.441 e. The highest BCUT2D eigenvalue weighted by atomic mass is 19.4. The molecule has 1 N–H and O–H groups in total. The minimum absolute atomic E-state index is 0.163. The summed E-state index contributed by atoms with van der Waals surface area (Å²) in [7, 11) is 0. The van der Waals surface area contributed by atoms with Gasteiger partial charge in [0.2, 0.25) is 0 Å². The number of carboxylic acid groups (broad SMARTS) is 1. The highest BCUT2D eigenvalue weighted by molar-refractivity contribution is 6.11. The van der Waals surface area contributed by atoms with E-state index in [1.165, 1.54) is 0 Å². The molecule has 0 spiro atoms. The number of carbonyl (C=O) groups excluding carboxylic acids is 1. The summed E-state index contributed by atoms with van der Waals surface area (Å²) < 4.78 is 131. The molecule has 0 aromatic carbocycles. The molecule has 0 saturated heterocycles. The molecule has 3 nitrogen and oxygen atoms in total. The van der Waals surface area contributed by atoms with Crippen molar-refractivity contribution >= 4 is 11.8 Å². The van der Waals surface area contributed by atoms with Crippen molar-refractivity contribution in [1.29, 1.82) is 0 Å². The Morgan fingerprint density at radius 2 is 1.04 bits per heavy atom. The van der Waals surface area contributed by atoms with Gasteiger partial charge in [0.05, 0.1) is 0 Å². The van der Waals surface area contributed by atoms with Crippen molar-refractivity contribution in [3.8, 4) is 0 Å². The summed E-state index contributed by atoms with van der Waals surface area (Å²) in [6.07, 6.45) is -13.5. The van der Waals surface area contributed by atoms with Crippen LogP contribution in [0.3, 0.4) is 0 Å².